The monoisotopic (exact) mass is 268 g/mol. The van der Waals surface area contributed by atoms with Crippen LogP contribution >= 0.6 is 0 Å². The minimum atomic E-state index is -0.488. The zero-order valence-corrected chi connectivity index (χ0v) is 11.8. The van der Waals surface area contributed by atoms with E-state index in [9.17, 15) is 4.79 Å². The van der Waals surface area contributed by atoms with E-state index in [0.717, 1.165) is 10.9 Å². The molecule has 4 heteroatoms. The van der Waals surface area contributed by atoms with Crippen LogP contribution in [0.4, 0.5) is 5.69 Å². The second-order valence-electron chi connectivity index (χ2n) is 5.55. The van der Waals surface area contributed by atoms with Crippen LogP contribution in [0.1, 0.15) is 26.5 Å². The fraction of sp³-hybridized carbons (Fsp3) is 0.312. The summed E-state index contributed by atoms with van der Waals surface area (Å²) in [6, 6.07) is 8.96. The van der Waals surface area contributed by atoms with Crippen molar-refractivity contribution in [2.24, 2.45) is 0 Å². The molecule has 0 fully saturated rings. The molecule has 0 unspecified atom stereocenters. The Labute approximate surface area is 118 Å². The first-order valence-corrected chi connectivity index (χ1v) is 6.36. The van der Waals surface area contributed by atoms with Gasteiger partial charge in [-0.05, 0) is 44.4 Å². The van der Waals surface area contributed by atoms with Crippen LogP contribution in [-0.2, 0) is 16.0 Å². The molecule has 4 nitrogen and oxygen atoms in total. The van der Waals surface area contributed by atoms with Crippen molar-refractivity contribution in [3.63, 3.8) is 0 Å². The van der Waals surface area contributed by atoms with E-state index in [4.69, 9.17) is 11.3 Å². The summed E-state index contributed by atoms with van der Waals surface area (Å²) in [5, 5.41) is 0.895. The molecule has 0 N–H and O–H groups in total. The molecule has 0 spiro atoms. The minimum absolute atomic E-state index is 0.151. The van der Waals surface area contributed by atoms with Crippen LogP contribution in [-0.4, -0.2) is 16.6 Å². The van der Waals surface area contributed by atoms with E-state index >= 15 is 0 Å². The molecule has 102 valence electrons. The fourth-order valence-electron chi connectivity index (χ4n) is 1.85. The Morgan fingerprint density at radius 2 is 2.05 bits per heavy atom. The molecule has 0 atom stereocenters. The second kappa shape index (κ2) is 5.30. The Hall–Kier alpha value is -2.41. The van der Waals surface area contributed by atoms with Crippen molar-refractivity contribution in [3.8, 4) is 0 Å². The SMILES string of the molecule is [C-]#[N+]c1ccc2nc(CC(=O)OC(C)(C)C)ccc2c1. The van der Waals surface area contributed by atoms with Gasteiger partial charge < -0.3 is 4.74 Å². The quantitative estimate of drug-likeness (QED) is 0.616. The Balaban J connectivity index is 2.20. The number of carbonyl (C=O) groups is 1. The molecule has 1 aromatic heterocycles. The van der Waals surface area contributed by atoms with Crippen molar-refractivity contribution in [3.05, 3.63) is 47.4 Å². The Morgan fingerprint density at radius 1 is 1.30 bits per heavy atom. The minimum Gasteiger partial charge on any atom is -0.460 e. The third-order valence-electron chi connectivity index (χ3n) is 2.61. The van der Waals surface area contributed by atoms with Crippen LogP contribution in [0.25, 0.3) is 15.7 Å². The van der Waals surface area contributed by atoms with Crippen molar-refractivity contribution < 1.29 is 9.53 Å². The van der Waals surface area contributed by atoms with E-state index in [1.807, 2.05) is 26.8 Å². The summed E-state index contributed by atoms with van der Waals surface area (Å²) < 4.78 is 5.27. The van der Waals surface area contributed by atoms with E-state index in [2.05, 4.69) is 9.83 Å². The van der Waals surface area contributed by atoms with Crippen LogP contribution in [0.3, 0.4) is 0 Å². The highest BCUT2D eigenvalue weighted by Crippen LogP contribution is 2.20. The molecule has 2 aromatic rings. The van der Waals surface area contributed by atoms with Crippen LogP contribution in [0.2, 0.25) is 0 Å². The first-order chi connectivity index (χ1) is 9.37. The molecule has 0 amide bonds. The van der Waals surface area contributed by atoms with Gasteiger partial charge in [-0.2, -0.15) is 0 Å². The predicted octanol–water partition coefficient (Wildman–Crippen LogP) is 3.67. The summed E-state index contributed by atoms with van der Waals surface area (Å²) in [7, 11) is 0. The van der Waals surface area contributed by atoms with Gasteiger partial charge in [0.15, 0.2) is 5.69 Å². The number of benzene rings is 1. The van der Waals surface area contributed by atoms with Gasteiger partial charge in [-0.3, -0.25) is 9.78 Å². The number of esters is 1. The number of aromatic nitrogens is 1. The topological polar surface area (TPSA) is 43.5 Å². The molecule has 0 aliphatic carbocycles. The maximum Gasteiger partial charge on any atom is 0.312 e. The lowest BCUT2D eigenvalue weighted by Gasteiger charge is -2.19. The van der Waals surface area contributed by atoms with Crippen molar-refractivity contribution in [1.29, 1.82) is 0 Å². The van der Waals surface area contributed by atoms with Crippen LogP contribution in [0.15, 0.2) is 30.3 Å². The molecule has 0 bridgehead atoms. The lowest BCUT2D eigenvalue weighted by Crippen LogP contribution is -2.25. The van der Waals surface area contributed by atoms with Gasteiger partial charge in [-0.1, -0.05) is 12.1 Å². The Morgan fingerprint density at radius 3 is 2.70 bits per heavy atom. The Bertz CT molecular complexity index is 694. The molecule has 1 aromatic carbocycles. The van der Waals surface area contributed by atoms with Gasteiger partial charge in [0.2, 0.25) is 0 Å². The van der Waals surface area contributed by atoms with Crippen LogP contribution in [0, 0.1) is 6.57 Å². The highest BCUT2D eigenvalue weighted by atomic mass is 16.6. The standard InChI is InChI=1S/C16H16N2O2/c1-16(2,3)20-15(19)10-13-6-5-11-9-12(17-4)7-8-14(11)18-13/h5-9H,10H2,1-3H3. The van der Waals surface area contributed by atoms with E-state index < -0.39 is 5.60 Å². The summed E-state index contributed by atoms with van der Waals surface area (Å²) in [6.07, 6.45) is 0.151. The van der Waals surface area contributed by atoms with Crippen LogP contribution < -0.4 is 0 Å². The molecular weight excluding hydrogens is 252 g/mol. The predicted molar refractivity (Wildman–Crippen MR) is 77.6 cm³/mol. The molecule has 0 aliphatic rings. The highest BCUT2D eigenvalue weighted by molar-refractivity contribution is 5.83. The van der Waals surface area contributed by atoms with Gasteiger partial charge in [0.05, 0.1) is 24.2 Å². The van der Waals surface area contributed by atoms with E-state index in [1.165, 1.54) is 0 Å². The summed E-state index contributed by atoms with van der Waals surface area (Å²) >= 11 is 0. The van der Waals surface area contributed by atoms with Gasteiger partial charge in [0, 0.05) is 0 Å². The van der Waals surface area contributed by atoms with Gasteiger partial charge >= 0.3 is 5.97 Å². The molecule has 20 heavy (non-hydrogen) atoms. The number of hydrogen-bond acceptors (Lipinski definition) is 3. The zero-order chi connectivity index (χ0) is 14.8. The number of hydrogen-bond donors (Lipinski definition) is 0. The number of ether oxygens (including phenoxy) is 1. The maximum atomic E-state index is 11.8. The molecule has 1 heterocycles. The summed E-state index contributed by atoms with van der Waals surface area (Å²) in [6.45, 7) is 12.5. The van der Waals surface area contributed by atoms with Gasteiger partial charge in [0.1, 0.15) is 5.60 Å². The largest absolute Gasteiger partial charge is 0.460 e. The van der Waals surface area contributed by atoms with Crippen molar-refractivity contribution >= 4 is 22.6 Å². The summed E-state index contributed by atoms with van der Waals surface area (Å²) in [4.78, 5) is 19.6. The molecule has 0 aliphatic heterocycles. The molecule has 0 radical (unpaired) electrons. The van der Waals surface area contributed by atoms with Gasteiger partial charge in [-0.25, -0.2) is 4.85 Å². The first kappa shape index (κ1) is 14.0. The lowest BCUT2D eigenvalue weighted by molar-refractivity contribution is -0.153. The zero-order valence-electron chi connectivity index (χ0n) is 11.8. The average molecular weight is 268 g/mol. The maximum absolute atomic E-state index is 11.8. The highest BCUT2D eigenvalue weighted by Gasteiger charge is 2.17. The van der Waals surface area contributed by atoms with E-state index in [1.54, 1.807) is 24.3 Å². The van der Waals surface area contributed by atoms with Crippen molar-refractivity contribution in [2.75, 3.05) is 0 Å². The first-order valence-electron chi connectivity index (χ1n) is 6.36. The lowest BCUT2D eigenvalue weighted by atomic mass is 10.1. The van der Waals surface area contributed by atoms with E-state index in [-0.39, 0.29) is 12.4 Å². The number of rotatable bonds is 2. The number of pyridine rings is 1. The summed E-state index contributed by atoms with van der Waals surface area (Å²) in [5.74, 6) is -0.290. The molecule has 0 saturated heterocycles. The second-order valence-corrected chi connectivity index (χ2v) is 5.55. The van der Waals surface area contributed by atoms with Crippen molar-refractivity contribution in [1.82, 2.24) is 4.98 Å². The average Bonchev–Trinajstić information content (AvgIpc) is 2.35. The summed E-state index contributed by atoms with van der Waals surface area (Å²) in [5.41, 5.74) is 1.54. The third kappa shape index (κ3) is 3.55. The molecular formula is C16H16N2O2. The van der Waals surface area contributed by atoms with Gasteiger partial charge in [-0.15, -0.1) is 0 Å². The molecule has 0 saturated carbocycles. The van der Waals surface area contributed by atoms with E-state index in [0.29, 0.717) is 11.4 Å². The van der Waals surface area contributed by atoms with Gasteiger partial charge in [0.25, 0.3) is 0 Å². The fourth-order valence-corrected chi connectivity index (χ4v) is 1.85. The smallest absolute Gasteiger partial charge is 0.312 e. The van der Waals surface area contributed by atoms with Crippen molar-refractivity contribution in [2.45, 2.75) is 32.8 Å². The molecule has 2 rings (SSSR count). The third-order valence-corrected chi connectivity index (χ3v) is 2.61. The number of nitrogens with zero attached hydrogens (tertiary/aromatic N) is 2. The number of carbonyl (C=O) groups excluding carboxylic acids is 1. The van der Waals surface area contributed by atoms with Crippen LogP contribution in [0.5, 0.6) is 0 Å². The Kier molecular flexibility index (Phi) is 3.71. The normalized spacial score (nSPS) is 11.1. The number of fused-ring (bicyclic) bond motifs is 1.